The first-order chi connectivity index (χ1) is 15.6. The zero-order valence-electron chi connectivity index (χ0n) is 17.9. The van der Waals surface area contributed by atoms with Crippen molar-refractivity contribution in [3.63, 3.8) is 0 Å². The van der Waals surface area contributed by atoms with Crippen LogP contribution in [-0.4, -0.2) is 32.9 Å². The van der Waals surface area contributed by atoms with Crippen LogP contribution < -0.4 is 11.0 Å². The fraction of sp³-hybridized carbons (Fsp3) is 0.280. The van der Waals surface area contributed by atoms with Crippen LogP contribution in [0.15, 0.2) is 69.1 Å². The van der Waals surface area contributed by atoms with Crippen LogP contribution in [0.3, 0.4) is 0 Å². The van der Waals surface area contributed by atoms with E-state index in [2.05, 4.69) is 14.9 Å². The number of aromatic nitrogens is 3. The molecule has 0 spiro atoms. The first-order valence-corrected chi connectivity index (χ1v) is 10.8. The predicted molar refractivity (Wildman–Crippen MR) is 123 cm³/mol. The molecule has 7 nitrogen and oxygen atoms in total. The predicted octanol–water partition coefficient (Wildman–Crippen LogP) is 3.63. The molecule has 7 heteroatoms. The van der Waals surface area contributed by atoms with Gasteiger partial charge < -0.3 is 9.40 Å². The van der Waals surface area contributed by atoms with Crippen LogP contribution in [-0.2, 0) is 6.54 Å². The molecule has 1 saturated heterocycles. The highest BCUT2D eigenvalue weighted by molar-refractivity contribution is 5.77. The van der Waals surface area contributed by atoms with Gasteiger partial charge in [0.05, 0.1) is 17.3 Å². The minimum atomic E-state index is -0.152. The third-order valence-corrected chi connectivity index (χ3v) is 6.10. The molecule has 0 radical (unpaired) electrons. The van der Waals surface area contributed by atoms with Crippen molar-refractivity contribution in [2.45, 2.75) is 32.2 Å². The van der Waals surface area contributed by atoms with Crippen molar-refractivity contribution >= 4 is 11.0 Å². The van der Waals surface area contributed by atoms with E-state index < -0.39 is 0 Å². The largest absolute Gasteiger partial charge is 0.464 e. The number of hydrogen-bond acceptors (Lipinski definition) is 6. The van der Waals surface area contributed by atoms with E-state index in [1.54, 1.807) is 24.7 Å². The number of hydrogen-bond donors (Lipinski definition) is 1. The summed E-state index contributed by atoms with van der Waals surface area (Å²) in [7, 11) is 0. The number of benzene rings is 1. The molecule has 5 rings (SSSR count). The van der Waals surface area contributed by atoms with Gasteiger partial charge in [-0.1, -0.05) is 11.6 Å². The molecular formula is C25H24N4O3. The molecule has 162 valence electrons. The van der Waals surface area contributed by atoms with E-state index in [0.29, 0.717) is 28.9 Å². The van der Waals surface area contributed by atoms with Gasteiger partial charge in [0.25, 0.3) is 5.56 Å². The first kappa shape index (κ1) is 20.3. The molecule has 1 fully saturated rings. The van der Waals surface area contributed by atoms with Crippen molar-refractivity contribution in [1.82, 2.24) is 19.9 Å². The number of likely N-dealkylation sites (tertiary alicyclic amines) is 1. The van der Waals surface area contributed by atoms with Crippen molar-refractivity contribution in [2.75, 3.05) is 13.1 Å². The van der Waals surface area contributed by atoms with E-state index in [-0.39, 0.29) is 16.9 Å². The molecule has 1 aliphatic rings. The molecule has 0 unspecified atom stereocenters. The topological polar surface area (TPSA) is 92.1 Å². The summed E-state index contributed by atoms with van der Waals surface area (Å²) in [6.45, 7) is 4.18. The number of nitrogens with one attached hydrogen (secondary N) is 1. The second kappa shape index (κ2) is 8.51. The van der Waals surface area contributed by atoms with Gasteiger partial charge in [0.15, 0.2) is 5.43 Å². The summed E-state index contributed by atoms with van der Waals surface area (Å²) in [5.41, 5.74) is 3.83. The second-order valence-electron chi connectivity index (χ2n) is 8.40. The Kier molecular flexibility index (Phi) is 5.41. The van der Waals surface area contributed by atoms with E-state index in [9.17, 15) is 9.59 Å². The molecular weight excluding hydrogens is 404 g/mol. The Bertz CT molecular complexity index is 1370. The standard InChI is InChI=1S/C25H24N4O3/c1-16-4-5-22-20(11-16)24(31)19(15-32-22)14-29-9-6-17(7-10-29)21-12-23(30)28-25(27-21)18-3-2-8-26-13-18/h2-5,8,11-13,15,17H,6-7,9-10,14H2,1H3,(H,27,28,30). The van der Waals surface area contributed by atoms with Gasteiger partial charge in [-0.25, -0.2) is 4.98 Å². The number of nitrogens with zero attached hydrogens (tertiary/aromatic N) is 3. The zero-order valence-corrected chi connectivity index (χ0v) is 17.9. The van der Waals surface area contributed by atoms with Crippen LogP contribution in [0.5, 0.6) is 0 Å². The molecule has 3 aromatic heterocycles. The monoisotopic (exact) mass is 428 g/mol. The van der Waals surface area contributed by atoms with Gasteiger partial charge in [-0.3, -0.25) is 19.5 Å². The van der Waals surface area contributed by atoms with Crippen LogP contribution in [0, 0.1) is 6.92 Å². The van der Waals surface area contributed by atoms with Crippen LogP contribution in [0.25, 0.3) is 22.4 Å². The molecule has 0 atom stereocenters. The van der Waals surface area contributed by atoms with Gasteiger partial charge in [0, 0.05) is 42.0 Å². The molecule has 0 amide bonds. The Hall–Kier alpha value is -3.58. The molecule has 0 saturated carbocycles. The van der Waals surface area contributed by atoms with Crippen LogP contribution >= 0.6 is 0 Å². The van der Waals surface area contributed by atoms with Crippen molar-refractivity contribution in [2.24, 2.45) is 0 Å². The van der Waals surface area contributed by atoms with Crippen molar-refractivity contribution in [3.8, 4) is 11.4 Å². The molecule has 32 heavy (non-hydrogen) atoms. The highest BCUT2D eigenvalue weighted by Gasteiger charge is 2.23. The number of fused-ring (bicyclic) bond motifs is 1. The fourth-order valence-electron chi connectivity index (χ4n) is 4.35. The summed E-state index contributed by atoms with van der Waals surface area (Å²) in [5, 5.41) is 0.632. The summed E-state index contributed by atoms with van der Waals surface area (Å²) in [5.74, 6) is 0.756. The maximum atomic E-state index is 12.9. The smallest absolute Gasteiger partial charge is 0.251 e. The highest BCUT2D eigenvalue weighted by Crippen LogP contribution is 2.28. The van der Waals surface area contributed by atoms with E-state index in [0.717, 1.165) is 42.8 Å². The number of rotatable bonds is 4. The third-order valence-electron chi connectivity index (χ3n) is 6.10. The lowest BCUT2D eigenvalue weighted by Gasteiger charge is -2.31. The van der Waals surface area contributed by atoms with Crippen LogP contribution in [0.1, 0.15) is 35.6 Å². The average molecular weight is 428 g/mol. The molecule has 4 heterocycles. The van der Waals surface area contributed by atoms with Crippen molar-refractivity contribution in [3.05, 3.63) is 92.5 Å². The van der Waals surface area contributed by atoms with Gasteiger partial charge in [-0.05, 0) is 57.1 Å². The molecule has 1 N–H and O–H groups in total. The van der Waals surface area contributed by atoms with E-state index in [1.807, 2.05) is 37.3 Å². The molecule has 0 bridgehead atoms. The number of piperidine rings is 1. The van der Waals surface area contributed by atoms with Crippen LogP contribution in [0.4, 0.5) is 0 Å². The third kappa shape index (κ3) is 4.11. The van der Waals surface area contributed by atoms with E-state index in [1.165, 1.54) is 0 Å². The van der Waals surface area contributed by atoms with Crippen molar-refractivity contribution in [1.29, 1.82) is 0 Å². The number of H-pyrrole nitrogens is 1. The SMILES string of the molecule is Cc1ccc2occ(CN3CCC(c4cc(=O)[nH]c(-c5cccnc5)n4)CC3)c(=O)c2c1. The van der Waals surface area contributed by atoms with Gasteiger partial charge in [-0.15, -0.1) is 0 Å². The van der Waals surface area contributed by atoms with Crippen molar-refractivity contribution < 1.29 is 4.42 Å². The van der Waals surface area contributed by atoms with Gasteiger partial charge in [-0.2, -0.15) is 0 Å². The summed E-state index contributed by atoms with van der Waals surface area (Å²) in [6, 6.07) is 11.0. The average Bonchev–Trinajstić information content (AvgIpc) is 2.82. The lowest BCUT2D eigenvalue weighted by Crippen LogP contribution is -2.34. The summed E-state index contributed by atoms with van der Waals surface area (Å²) in [4.78, 5) is 39.0. The second-order valence-corrected chi connectivity index (χ2v) is 8.40. The van der Waals surface area contributed by atoms with Gasteiger partial charge in [0.2, 0.25) is 0 Å². The van der Waals surface area contributed by atoms with E-state index in [4.69, 9.17) is 9.40 Å². The summed E-state index contributed by atoms with van der Waals surface area (Å²) >= 11 is 0. The number of aromatic amines is 1. The number of pyridine rings is 1. The molecule has 1 aliphatic heterocycles. The fourth-order valence-corrected chi connectivity index (χ4v) is 4.35. The zero-order chi connectivity index (χ0) is 22.1. The summed E-state index contributed by atoms with van der Waals surface area (Å²) in [6.07, 6.45) is 6.73. The molecule has 0 aliphatic carbocycles. The van der Waals surface area contributed by atoms with Gasteiger partial charge in [0.1, 0.15) is 11.4 Å². The summed E-state index contributed by atoms with van der Waals surface area (Å²) < 4.78 is 5.70. The molecule has 4 aromatic rings. The normalized spacial score (nSPS) is 15.3. The van der Waals surface area contributed by atoms with Gasteiger partial charge >= 0.3 is 0 Å². The Morgan fingerprint density at radius 2 is 2.00 bits per heavy atom. The Morgan fingerprint density at radius 1 is 1.16 bits per heavy atom. The maximum Gasteiger partial charge on any atom is 0.251 e. The highest BCUT2D eigenvalue weighted by atomic mass is 16.3. The number of aryl methyl sites for hydroxylation is 1. The minimum absolute atomic E-state index is 0.0365. The quantitative estimate of drug-likeness (QED) is 0.534. The minimum Gasteiger partial charge on any atom is -0.464 e. The lowest BCUT2D eigenvalue weighted by molar-refractivity contribution is 0.201. The Balaban J connectivity index is 1.30. The molecule has 1 aromatic carbocycles. The Morgan fingerprint density at radius 3 is 2.78 bits per heavy atom. The Labute approximate surface area is 184 Å². The van der Waals surface area contributed by atoms with E-state index >= 15 is 0 Å². The lowest BCUT2D eigenvalue weighted by atomic mass is 9.93. The first-order valence-electron chi connectivity index (χ1n) is 10.8. The van der Waals surface area contributed by atoms with Crippen LogP contribution in [0.2, 0.25) is 0 Å². The maximum absolute atomic E-state index is 12.9.